The van der Waals surface area contributed by atoms with E-state index in [0.717, 1.165) is 109 Å². The van der Waals surface area contributed by atoms with E-state index < -0.39 is 17.7 Å². The molecule has 2 spiro atoms. The molecule has 4 aromatic carbocycles. The van der Waals surface area contributed by atoms with E-state index in [1.165, 1.54) is 0 Å². The zero-order chi connectivity index (χ0) is 58.0. The van der Waals surface area contributed by atoms with E-state index in [4.69, 9.17) is 62.6 Å². The predicted octanol–water partition coefficient (Wildman–Crippen LogP) is 10.7. The van der Waals surface area contributed by atoms with Crippen molar-refractivity contribution in [3.63, 3.8) is 0 Å². The first-order valence-electron chi connectivity index (χ1n) is 27.4. The zero-order valence-electron chi connectivity index (χ0n) is 48.3. The second-order valence-electron chi connectivity index (χ2n) is 23.1. The number of rotatable bonds is 13. The van der Waals surface area contributed by atoms with Crippen molar-refractivity contribution in [3.05, 3.63) is 107 Å². The number of hydrogen-bond acceptors (Lipinski definition) is 17. The van der Waals surface area contributed by atoms with Crippen LogP contribution in [-0.4, -0.2) is 155 Å². The summed E-state index contributed by atoms with van der Waals surface area (Å²) in [7, 11) is 4.00. The van der Waals surface area contributed by atoms with E-state index >= 15 is 0 Å². The van der Waals surface area contributed by atoms with E-state index in [1.54, 1.807) is 16.1 Å². The van der Waals surface area contributed by atoms with Crippen LogP contribution in [0.3, 0.4) is 0 Å². The maximum Gasteiger partial charge on any atom is 0.410 e. The van der Waals surface area contributed by atoms with E-state index in [2.05, 4.69) is 83.3 Å². The summed E-state index contributed by atoms with van der Waals surface area (Å²) >= 11 is 12.5. The van der Waals surface area contributed by atoms with Crippen LogP contribution in [0.5, 0.6) is 0 Å². The van der Waals surface area contributed by atoms with Crippen LogP contribution in [-0.2, 0) is 30.2 Å². The number of carbonyl (C=O) groups is 2. The van der Waals surface area contributed by atoms with Gasteiger partial charge in [-0.25, -0.2) is 19.6 Å². The minimum atomic E-state index is -0.472. The number of likely N-dealkylation sites (tertiary alicyclic amines) is 2. The van der Waals surface area contributed by atoms with Gasteiger partial charge in [-0.2, -0.15) is 4.98 Å². The number of hydrogen-bond donors (Lipinski definition) is 1. The predicted molar refractivity (Wildman–Crippen MR) is 318 cm³/mol. The molecule has 7 heterocycles. The number of ether oxygens (including phenoxy) is 5. The lowest BCUT2D eigenvalue weighted by atomic mass is 9.73. The van der Waals surface area contributed by atoms with E-state index in [0.29, 0.717) is 41.5 Å². The summed E-state index contributed by atoms with van der Waals surface area (Å²) in [4.78, 5) is 51.1. The third-order valence-corrected chi connectivity index (χ3v) is 14.8. The number of anilines is 6. The molecule has 20 nitrogen and oxygen atoms in total. The Morgan fingerprint density at radius 3 is 1.57 bits per heavy atom. The molecule has 432 valence electrons. The first-order valence-corrected chi connectivity index (χ1v) is 28.2. The maximum absolute atomic E-state index is 12.3. The molecule has 2 N–H and O–H groups in total. The van der Waals surface area contributed by atoms with Crippen LogP contribution < -0.4 is 25.3 Å². The van der Waals surface area contributed by atoms with Gasteiger partial charge in [-0.3, -0.25) is 4.40 Å². The molecule has 0 atom stereocenters. The van der Waals surface area contributed by atoms with Gasteiger partial charge < -0.3 is 58.8 Å². The summed E-state index contributed by atoms with van der Waals surface area (Å²) in [5.41, 5.74) is 11.3. The molecule has 0 aliphatic carbocycles. The fourth-order valence-electron chi connectivity index (χ4n) is 10.6. The number of carbonyl (C=O) groups excluding carboxylic acids is 2. The molecular formula is C59H75Cl2N13O7. The Morgan fingerprint density at radius 2 is 1.10 bits per heavy atom. The molecule has 4 aliphatic rings. The fourth-order valence-corrected chi connectivity index (χ4v) is 10.9. The monoisotopic (exact) mass is 1150 g/mol. The Kier molecular flexibility index (Phi) is 17.4. The van der Waals surface area contributed by atoms with Crippen molar-refractivity contribution in [2.45, 2.75) is 86.5 Å². The normalized spacial score (nSPS) is 16.0. The zero-order valence-corrected chi connectivity index (χ0v) is 49.8. The van der Waals surface area contributed by atoms with Crippen molar-refractivity contribution in [2.24, 2.45) is 16.6 Å². The molecule has 3 aromatic heterocycles. The standard InChI is InChI=1S/C26H28ClN7O2.C26H31ClN6O2.C7H16O3/c1-25(2,3)36-24(35)33-14-26(15-33)12-32(13-26)19-7-5-6-18(11-19)31(4)22-20-9-8-17(27)10-21(20)34-16-28-30-23(34)29-22;1-25(2,3)35-24(34)33-15-26(16-33)13-32(14-26)19-7-5-6-18(11-19)31(4)23-20-9-8-17(27)10-21(20)29-22(12-28)30-23;1-4-8-7(9-5-2)10-6-3/h5-11,16H,12-15H2,1-4H3;5-11H,12-16,28H2,1-4H3;7H,4-6H2,1-3H3. The molecule has 11 rings (SSSR count). The van der Waals surface area contributed by atoms with Gasteiger partial charge in [-0.05, 0) is 135 Å². The summed E-state index contributed by atoms with van der Waals surface area (Å²) in [6.45, 7) is 25.4. The largest absolute Gasteiger partial charge is 0.444 e. The van der Waals surface area contributed by atoms with Crippen molar-refractivity contribution in [1.29, 1.82) is 0 Å². The Labute approximate surface area is 483 Å². The first kappa shape index (κ1) is 58.8. The Morgan fingerprint density at radius 1 is 0.630 bits per heavy atom. The van der Waals surface area contributed by atoms with Gasteiger partial charge in [0, 0.05) is 141 Å². The van der Waals surface area contributed by atoms with Crippen LogP contribution in [0.2, 0.25) is 10.0 Å². The van der Waals surface area contributed by atoms with Gasteiger partial charge in [0.1, 0.15) is 35.0 Å². The number of amides is 2. The number of nitrogens with zero attached hydrogens (tertiary/aromatic N) is 12. The lowest BCUT2D eigenvalue weighted by Crippen LogP contribution is -2.73. The highest BCUT2D eigenvalue weighted by Gasteiger charge is 2.55. The number of fused-ring (bicyclic) bond motifs is 4. The highest BCUT2D eigenvalue weighted by Crippen LogP contribution is 2.45. The van der Waals surface area contributed by atoms with Gasteiger partial charge >= 0.3 is 12.2 Å². The Balaban J connectivity index is 0.000000168. The number of benzene rings is 4. The third-order valence-electron chi connectivity index (χ3n) is 14.3. The van der Waals surface area contributed by atoms with E-state index in [1.807, 2.05) is 117 Å². The van der Waals surface area contributed by atoms with Crippen molar-refractivity contribution >= 4 is 97.4 Å². The Hall–Kier alpha value is -6.81. The van der Waals surface area contributed by atoms with Crippen molar-refractivity contribution < 1.29 is 33.3 Å². The lowest BCUT2D eigenvalue weighted by Gasteiger charge is -2.60. The number of halogens is 2. The SMILES string of the molecule is CCOC(OCC)OCC.CN(c1cccc(N2CC3(CN(C(=O)OC(C)(C)C)C3)C2)c1)c1nc(CN)nc2cc(Cl)ccc12.CN(c1cccc(N2CC3(CN(C(=O)OC(C)(C)C)C3)C2)c1)c1nc2nncn2c2cc(Cl)ccc12. The van der Waals surface area contributed by atoms with Crippen molar-refractivity contribution in [3.8, 4) is 0 Å². The van der Waals surface area contributed by atoms with Crippen LogP contribution >= 0.6 is 23.2 Å². The average Bonchev–Trinajstić information content (AvgIpc) is 2.53. The molecule has 2 amide bonds. The van der Waals surface area contributed by atoms with Gasteiger partial charge in [0.15, 0.2) is 0 Å². The van der Waals surface area contributed by atoms with Crippen LogP contribution in [0.15, 0.2) is 91.3 Å². The molecule has 7 aromatic rings. The van der Waals surface area contributed by atoms with Crippen LogP contribution in [0.25, 0.3) is 27.6 Å². The van der Waals surface area contributed by atoms with Gasteiger partial charge in [0.25, 0.3) is 12.3 Å². The Bertz CT molecular complexity index is 3350. The molecule has 0 bridgehead atoms. The smallest absolute Gasteiger partial charge is 0.410 e. The average molecular weight is 1150 g/mol. The van der Waals surface area contributed by atoms with Crippen LogP contribution in [0.1, 0.15) is 68.1 Å². The summed E-state index contributed by atoms with van der Waals surface area (Å²) in [5.74, 6) is 2.66. The summed E-state index contributed by atoms with van der Waals surface area (Å²) < 4.78 is 28.1. The third kappa shape index (κ3) is 13.4. The molecule has 0 radical (unpaired) electrons. The van der Waals surface area contributed by atoms with E-state index in [-0.39, 0.29) is 29.6 Å². The molecular weight excluding hydrogens is 1070 g/mol. The molecule has 0 saturated carbocycles. The topological polar surface area (TPSA) is 195 Å². The van der Waals surface area contributed by atoms with Gasteiger partial charge in [-0.1, -0.05) is 35.3 Å². The van der Waals surface area contributed by atoms with Gasteiger partial charge in [0.2, 0.25) is 0 Å². The number of aromatic nitrogens is 6. The molecule has 4 aliphatic heterocycles. The second kappa shape index (κ2) is 24.0. The molecule has 4 saturated heterocycles. The summed E-state index contributed by atoms with van der Waals surface area (Å²) in [6.07, 6.45) is 1.21. The van der Waals surface area contributed by atoms with Crippen molar-refractivity contribution in [2.75, 3.05) is 106 Å². The van der Waals surface area contributed by atoms with Crippen molar-refractivity contribution in [1.82, 2.24) is 39.3 Å². The minimum Gasteiger partial charge on any atom is -0.444 e. The maximum atomic E-state index is 12.3. The van der Waals surface area contributed by atoms with Gasteiger partial charge in [-0.15, -0.1) is 10.2 Å². The second-order valence-corrected chi connectivity index (χ2v) is 24.0. The van der Waals surface area contributed by atoms with Crippen LogP contribution in [0, 0.1) is 10.8 Å². The molecule has 4 fully saturated rings. The highest BCUT2D eigenvalue weighted by molar-refractivity contribution is 6.31. The summed E-state index contributed by atoms with van der Waals surface area (Å²) in [5, 5.41) is 11.3. The minimum absolute atomic E-state index is 0.161. The lowest BCUT2D eigenvalue weighted by molar-refractivity contribution is -0.282. The van der Waals surface area contributed by atoms with E-state index in [9.17, 15) is 9.59 Å². The fraction of sp³-hybridized carbons (Fsp3) is 0.475. The first-order chi connectivity index (χ1) is 38.5. The quantitative estimate of drug-likeness (QED) is 0.107. The highest BCUT2D eigenvalue weighted by atomic mass is 35.5. The molecule has 22 heteroatoms. The van der Waals surface area contributed by atoms with Gasteiger partial charge in [0.05, 0.1) is 17.6 Å². The molecule has 0 unspecified atom stereocenters. The van der Waals surface area contributed by atoms with Crippen LogP contribution in [0.4, 0.5) is 44.0 Å². The summed E-state index contributed by atoms with van der Waals surface area (Å²) in [6, 6.07) is 28.2. The molecule has 81 heavy (non-hydrogen) atoms. The number of nitrogens with two attached hydrogens (primary N) is 1.